The van der Waals surface area contributed by atoms with Gasteiger partial charge in [-0.05, 0) is 38.5 Å². The molecule has 1 rings (SSSR count). The van der Waals surface area contributed by atoms with Gasteiger partial charge < -0.3 is 4.74 Å². The van der Waals surface area contributed by atoms with E-state index < -0.39 is 0 Å². The molecule has 2 heteroatoms. The fourth-order valence-corrected chi connectivity index (χ4v) is 1.46. The van der Waals surface area contributed by atoms with Crippen LogP contribution in [-0.2, 0) is 0 Å². The van der Waals surface area contributed by atoms with Crippen LogP contribution in [0, 0.1) is 6.92 Å². The summed E-state index contributed by atoms with van der Waals surface area (Å²) in [6.45, 7) is 9.76. The molecule has 0 aromatic heterocycles. The van der Waals surface area contributed by atoms with Crippen molar-refractivity contribution in [1.82, 2.24) is 0 Å². The summed E-state index contributed by atoms with van der Waals surface area (Å²) in [5.74, 6) is 0.871. The van der Waals surface area contributed by atoms with E-state index in [4.69, 9.17) is 4.74 Å². The monoisotopic (exact) mass is 229 g/mol. The van der Waals surface area contributed by atoms with Gasteiger partial charge >= 0.3 is 0 Å². The van der Waals surface area contributed by atoms with Crippen molar-refractivity contribution in [1.29, 1.82) is 0 Å². The summed E-state index contributed by atoms with van der Waals surface area (Å²) in [5, 5.41) is 0. The Kier molecular flexibility index (Phi) is 4.70. The van der Waals surface area contributed by atoms with Gasteiger partial charge in [0.1, 0.15) is 5.75 Å². The SMILES string of the molecule is C=CC(=N/C(C)=C\C)c1ccc(C)c(OC)c1. The molecule has 0 spiro atoms. The molecule has 0 aliphatic carbocycles. The number of aryl methyl sites for hydroxylation is 1. The van der Waals surface area contributed by atoms with E-state index in [9.17, 15) is 0 Å². The molecule has 0 saturated heterocycles. The van der Waals surface area contributed by atoms with Gasteiger partial charge in [0, 0.05) is 11.3 Å². The largest absolute Gasteiger partial charge is 0.496 e. The summed E-state index contributed by atoms with van der Waals surface area (Å²) in [7, 11) is 1.67. The molecule has 0 aliphatic rings. The van der Waals surface area contributed by atoms with E-state index in [0.29, 0.717) is 0 Å². The van der Waals surface area contributed by atoms with Crippen LogP contribution in [0.3, 0.4) is 0 Å². The van der Waals surface area contributed by atoms with Crippen LogP contribution < -0.4 is 4.74 Å². The highest BCUT2D eigenvalue weighted by Gasteiger charge is 2.04. The number of nitrogens with zero attached hydrogens (tertiary/aromatic N) is 1. The van der Waals surface area contributed by atoms with E-state index in [1.165, 1.54) is 0 Å². The first-order valence-corrected chi connectivity index (χ1v) is 5.61. The predicted molar refractivity (Wildman–Crippen MR) is 73.9 cm³/mol. The first-order chi connectivity index (χ1) is 8.12. The molecule has 0 aliphatic heterocycles. The molecule has 0 atom stereocenters. The molecule has 1 aromatic rings. The quantitative estimate of drug-likeness (QED) is 0.717. The Balaban J connectivity index is 3.22. The topological polar surface area (TPSA) is 21.6 Å². The lowest BCUT2D eigenvalue weighted by atomic mass is 10.1. The summed E-state index contributed by atoms with van der Waals surface area (Å²) in [6.07, 6.45) is 3.73. The van der Waals surface area contributed by atoms with E-state index in [1.54, 1.807) is 13.2 Å². The lowest BCUT2D eigenvalue weighted by molar-refractivity contribution is 0.411. The Morgan fingerprint density at radius 1 is 1.41 bits per heavy atom. The van der Waals surface area contributed by atoms with Crippen LogP contribution in [0.4, 0.5) is 0 Å². The number of ether oxygens (including phenoxy) is 1. The molecule has 90 valence electrons. The fourth-order valence-electron chi connectivity index (χ4n) is 1.46. The molecule has 1 aromatic carbocycles. The van der Waals surface area contributed by atoms with Gasteiger partial charge in [-0.3, -0.25) is 4.99 Å². The average molecular weight is 229 g/mol. The predicted octanol–water partition coefficient (Wildman–Crippen LogP) is 3.90. The molecule has 0 bridgehead atoms. The van der Waals surface area contributed by atoms with Gasteiger partial charge in [0.25, 0.3) is 0 Å². The summed E-state index contributed by atoms with van der Waals surface area (Å²) in [6, 6.07) is 6.04. The van der Waals surface area contributed by atoms with E-state index in [0.717, 1.165) is 28.3 Å². The van der Waals surface area contributed by atoms with Crippen molar-refractivity contribution in [2.45, 2.75) is 20.8 Å². The molecule has 0 unspecified atom stereocenters. The van der Waals surface area contributed by atoms with Gasteiger partial charge in [-0.15, -0.1) is 0 Å². The number of hydrogen-bond acceptors (Lipinski definition) is 2. The Labute approximate surface area is 103 Å². The minimum atomic E-state index is 0.860. The Hall–Kier alpha value is -1.83. The number of benzene rings is 1. The summed E-state index contributed by atoms with van der Waals surface area (Å²) in [4.78, 5) is 4.49. The number of aliphatic imine (C=N–C) groups is 1. The molecule has 2 nitrogen and oxygen atoms in total. The second-order valence-corrected chi connectivity index (χ2v) is 3.82. The highest BCUT2D eigenvalue weighted by molar-refractivity contribution is 6.09. The first-order valence-electron chi connectivity index (χ1n) is 5.61. The van der Waals surface area contributed by atoms with Gasteiger partial charge in [0.15, 0.2) is 0 Å². The zero-order chi connectivity index (χ0) is 12.8. The summed E-state index contributed by atoms with van der Waals surface area (Å²) >= 11 is 0. The lowest BCUT2D eigenvalue weighted by Crippen LogP contribution is -1.98. The number of methoxy groups -OCH3 is 1. The summed E-state index contributed by atoms with van der Waals surface area (Å²) < 4.78 is 5.31. The van der Waals surface area contributed by atoms with Crippen LogP contribution in [0.1, 0.15) is 25.0 Å². The Morgan fingerprint density at radius 2 is 2.12 bits per heavy atom. The molecular weight excluding hydrogens is 210 g/mol. The maximum Gasteiger partial charge on any atom is 0.122 e. The van der Waals surface area contributed by atoms with Gasteiger partial charge in [-0.25, -0.2) is 0 Å². The second kappa shape index (κ2) is 6.04. The minimum absolute atomic E-state index is 0.860. The molecule has 0 saturated carbocycles. The van der Waals surface area contributed by atoms with Crippen LogP contribution >= 0.6 is 0 Å². The lowest BCUT2D eigenvalue weighted by Gasteiger charge is -2.08. The minimum Gasteiger partial charge on any atom is -0.496 e. The van der Waals surface area contributed by atoms with Crippen molar-refractivity contribution in [3.8, 4) is 5.75 Å². The Bertz CT molecular complexity index is 470. The van der Waals surface area contributed by atoms with Crippen molar-refractivity contribution in [2.75, 3.05) is 7.11 Å². The average Bonchev–Trinajstić information content (AvgIpc) is 2.36. The van der Waals surface area contributed by atoms with Gasteiger partial charge in [-0.2, -0.15) is 0 Å². The molecule has 0 radical (unpaired) electrons. The van der Waals surface area contributed by atoms with Crippen molar-refractivity contribution >= 4 is 5.71 Å². The Morgan fingerprint density at radius 3 is 2.65 bits per heavy atom. The van der Waals surface area contributed by atoms with Crippen LogP contribution in [-0.4, -0.2) is 12.8 Å². The van der Waals surface area contributed by atoms with Crippen LogP contribution in [0.25, 0.3) is 0 Å². The van der Waals surface area contributed by atoms with Gasteiger partial charge in [0.2, 0.25) is 0 Å². The fraction of sp³-hybridized carbons (Fsp3) is 0.267. The van der Waals surface area contributed by atoms with E-state index in [2.05, 4.69) is 11.6 Å². The van der Waals surface area contributed by atoms with Crippen molar-refractivity contribution in [3.63, 3.8) is 0 Å². The number of rotatable bonds is 4. The van der Waals surface area contributed by atoms with Gasteiger partial charge in [0.05, 0.1) is 12.8 Å². The number of hydrogen-bond donors (Lipinski definition) is 0. The van der Waals surface area contributed by atoms with Crippen LogP contribution in [0.2, 0.25) is 0 Å². The standard InChI is InChI=1S/C15H19NO/c1-6-12(4)16-14(7-2)13-9-8-11(3)15(10-13)17-5/h6-10H,2H2,1,3-5H3/b12-6-,16-14?. The third-order valence-electron chi connectivity index (χ3n) is 2.61. The van der Waals surface area contributed by atoms with Crippen molar-refractivity contribution < 1.29 is 4.74 Å². The smallest absolute Gasteiger partial charge is 0.122 e. The third-order valence-corrected chi connectivity index (χ3v) is 2.61. The molecular formula is C15H19NO. The van der Waals surface area contributed by atoms with Gasteiger partial charge in [-0.1, -0.05) is 24.8 Å². The molecule has 17 heavy (non-hydrogen) atoms. The van der Waals surface area contributed by atoms with Crippen LogP contribution in [0.15, 0.2) is 47.6 Å². The zero-order valence-electron chi connectivity index (χ0n) is 10.9. The molecule has 0 amide bonds. The van der Waals surface area contributed by atoms with E-state index >= 15 is 0 Å². The second-order valence-electron chi connectivity index (χ2n) is 3.82. The van der Waals surface area contributed by atoms with E-state index in [-0.39, 0.29) is 0 Å². The summed E-state index contributed by atoms with van der Waals surface area (Å²) in [5.41, 5.74) is 3.96. The maximum absolute atomic E-state index is 5.31. The van der Waals surface area contributed by atoms with Crippen molar-refractivity contribution in [3.05, 3.63) is 53.8 Å². The molecule has 0 fully saturated rings. The maximum atomic E-state index is 5.31. The zero-order valence-corrected chi connectivity index (χ0v) is 10.9. The highest BCUT2D eigenvalue weighted by atomic mass is 16.5. The molecule has 0 N–H and O–H groups in total. The normalized spacial score (nSPS) is 12.5. The first kappa shape index (κ1) is 13.2. The van der Waals surface area contributed by atoms with E-state index in [1.807, 2.05) is 45.0 Å². The third kappa shape index (κ3) is 3.31. The van der Waals surface area contributed by atoms with Crippen LogP contribution in [0.5, 0.6) is 5.75 Å². The number of allylic oxidation sites excluding steroid dienone is 3. The van der Waals surface area contributed by atoms with Crippen molar-refractivity contribution in [2.24, 2.45) is 4.99 Å². The highest BCUT2D eigenvalue weighted by Crippen LogP contribution is 2.20. The molecule has 0 heterocycles.